The highest BCUT2D eigenvalue weighted by atomic mass is 35.5. The van der Waals surface area contributed by atoms with Crippen LogP contribution in [0.1, 0.15) is 50.2 Å². The van der Waals surface area contributed by atoms with Crippen molar-refractivity contribution in [2.75, 3.05) is 26.2 Å². The normalized spacial score (nSPS) is 14.3. The van der Waals surface area contributed by atoms with E-state index in [0.29, 0.717) is 23.1 Å². The van der Waals surface area contributed by atoms with Crippen molar-refractivity contribution in [1.82, 2.24) is 4.90 Å². The van der Waals surface area contributed by atoms with Gasteiger partial charge in [-0.25, -0.2) is 0 Å². The van der Waals surface area contributed by atoms with Gasteiger partial charge in [-0.1, -0.05) is 11.6 Å². The molecule has 0 unspecified atom stereocenters. The highest BCUT2D eigenvalue weighted by Gasteiger charge is 2.22. The second-order valence-corrected chi connectivity index (χ2v) is 8.09. The Labute approximate surface area is 213 Å². The zero-order valence-corrected chi connectivity index (χ0v) is 20.7. The van der Waals surface area contributed by atoms with E-state index in [4.69, 9.17) is 47.8 Å². The molecule has 1 aliphatic rings. The van der Waals surface area contributed by atoms with Gasteiger partial charge in [0.25, 0.3) is 0 Å². The van der Waals surface area contributed by atoms with E-state index in [2.05, 4.69) is 11.0 Å². The molecule has 1 aromatic carbocycles. The van der Waals surface area contributed by atoms with Gasteiger partial charge in [0.15, 0.2) is 0 Å². The molecule has 1 atom stereocenters. The molecule has 0 saturated carbocycles. The number of nitriles is 1. The Morgan fingerprint density at radius 2 is 1.56 bits per heavy atom. The van der Waals surface area contributed by atoms with E-state index in [9.17, 15) is 19.2 Å². The Bertz CT molecular complexity index is 878. The van der Waals surface area contributed by atoms with E-state index in [1.165, 1.54) is 0 Å². The summed E-state index contributed by atoms with van der Waals surface area (Å²) in [5, 5.41) is 41.1. The van der Waals surface area contributed by atoms with Crippen LogP contribution in [0.25, 0.3) is 0 Å². The van der Waals surface area contributed by atoms with Gasteiger partial charge < -0.3 is 30.9 Å². The average Bonchev–Trinajstić information content (AvgIpc) is 3.26. The van der Waals surface area contributed by atoms with Crippen LogP contribution in [-0.2, 0) is 25.7 Å². The number of halogens is 1. The van der Waals surface area contributed by atoms with Gasteiger partial charge in [0, 0.05) is 18.7 Å². The predicted molar refractivity (Wildman–Crippen MR) is 129 cm³/mol. The van der Waals surface area contributed by atoms with Crippen LogP contribution in [0.4, 0.5) is 0 Å². The number of hydrogen-bond donors (Lipinski definition) is 5. The van der Waals surface area contributed by atoms with Crippen molar-refractivity contribution in [1.29, 1.82) is 5.26 Å². The molecule has 1 heterocycles. The molecule has 0 aromatic heterocycles. The van der Waals surface area contributed by atoms with Crippen LogP contribution in [0.3, 0.4) is 0 Å². The van der Waals surface area contributed by atoms with Crippen LogP contribution < -0.4 is 10.5 Å². The largest absolute Gasteiger partial charge is 0.493 e. The van der Waals surface area contributed by atoms with Crippen molar-refractivity contribution in [2.24, 2.45) is 11.7 Å². The van der Waals surface area contributed by atoms with Crippen molar-refractivity contribution in [3.8, 4) is 11.8 Å². The number of carboxylic acid groups (broad SMARTS) is 4. The van der Waals surface area contributed by atoms with Crippen LogP contribution in [0.2, 0.25) is 5.02 Å². The number of ether oxygens (including phenoxy) is 1. The lowest BCUT2D eigenvalue weighted by Crippen LogP contribution is -2.23. The number of aliphatic carboxylic acids is 4. The van der Waals surface area contributed by atoms with Gasteiger partial charge in [0.05, 0.1) is 42.9 Å². The Morgan fingerprint density at radius 3 is 1.92 bits per heavy atom. The number of nitrogens with two attached hydrogens (primary N) is 1. The van der Waals surface area contributed by atoms with Gasteiger partial charge in [-0.3, -0.25) is 24.1 Å². The van der Waals surface area contributed by atoms with Crippen LogP contribution in [0.5, 0.6) is 5.75 Å². The third-order valence-electron chi connectivity index (χ3n) is 4.77. The lowest BCUT2D eigenvalue weighted by Gasteiger charge is -2.19. The summed E-state index contributed by atoms with van der Waals surface area (Å²) in [5.41, 5.74) is 7.21. The first-order chi connectivity index (χ1) is 16.9. The Kier molecular flexibility index (Phi) is 16.3. The molecule has 6 N–H and O–H groups in total. The number of hydrogen-bond acceptors (Lipinski definition) is 8. The fraction of sp³-hybridized carbons (Fsp3) is 0.522. The maximum absolute atomic E-state index is 9.64. The smallest absolute Gasteiger partial charge is 0.303 e. The number of carbonyl (C=O) groups is 4. The Balaban J connectivity index is 0.000000634. The molecule has 0 spiro atoms. The first-order valence-corrected chi connectivity index (χ1v) is 11.5. The molecule has 1 saturated heterocycles. The second kappa shape index (κ2) is 18.0. The summed E-state index contributed by atoms with van der Waals surface area (Å²) in [6.07, 6.45) is -0.0419. The van der Waals surface area contributed by atoms with Gasteiger partial charge in [0.1, 0.15) is 11.8 Å². The van der Waals surface area contributed by atoms with E-state index in [1.807, 2.05) is 13.0 Å². The summed E-state index contributed by atoms with van der Waals surface area (Å²) in [4.78, 5) is 40.9. The van der Waals surface area contributed by atoms with Crippen molar-refractivity contribution in [3.63, 3.8) is 0 Å². The van der Waals surface area contributed by atoms with Crippen LogP contribution in [0.15, 0.2) is 12.1 Å². The zero-order chi connectivity index (χ0) is 27.7. The molecule has 36 heavy (non-hydrogen) atoms. The molecule has 2 rings (SSSR count). The molecule has 1 fully saturated rings. The lowest BCUT2D eigenvalue weighted by molar-refractivity contribution is -0.143. The summed E-state index contributed by atoms with van der Waals surface area (Å²) in [6.45, 7) is 6.10. The van der Waals surface area contributed by atoms with Gasteiger partial charge in [-0.2, -0.15) is 5.26 Å². The highest BCUT2D eigenvalue weighted by molar-refractivity contribution is 6.31. The standard InChI is InChI=1S/C15H20ClN3O.2C4H6O4/c1-2-20-15-6-12(8-18)14(16)5-13(15)10-19-4-3-11(7-17)9-19;2*5-3(6)1-2-4(7)8/h5-6,11H,2-4,7,9-10,17H2,1H3;2*1-2H2,(H,5,6)(H,7,8)/t11-;;/m1../s1. The van der Waals surface area contributed by atoms with Crippen LogP contribution in [0, 0.1) is 17.2 Å². The number of benzene rings is 1. The maximum atomic E-state index is 9.64. The monoisotopic (exact) mass is 529 g/mol. The minimum absolute atomic E-state index is 0.296. The molecule has 0 aliphatic carbocycles. The summed E-state index contributed by atoms with van der Waals surface area (Å²) >= 11 is 6.13. The van der Waals surface area contributed by atoms with Crippen molar-refractivity contribution in [3.05, 3.63) is 28.3 Å². The molecule has 200 valence electrons. The molecule has 13 heteroatoms. The first-order valence-electron chi connectivity index (χ1n) is 11.1. The van der Waals surface area contributed by atoms with E-state index >= 15 is 0 Å². The molecule has 0 amide bonds. The van der Waals surface area contributed by atoms with Gasteiger partial charge >= 0.3 is 23.9 Å². The predicted octanol–water partition coefficient (Wildman–Crippen LogP) is 2.26. The fourth-order valence-electron chi connectivity index (χ4n) is 3.01. The molecule has 0 radical (unpaired) electrons. The Hall–Kier alpha value is -3.40. The van der Waals surface area contributed by atoms with E-state index in [1.54, 1.807) is 6.07 Å². The first kappa shape index (κ1) is 32.6. The molecule has 0 bridgehead atoms. The van der Waals surface area contributed by atoms with Crippen LogP contribution >= 0.6 is 11.6 Å². The summed E-state index contributed by atoms with van der Waals surface area (Å²) in [6, 6.07) is 5.67. The van der Waals surface area contributed by atoms with Gasteiger partial charge in [-0.15, -0.1) is 0 Å². The molecular formula is C23H32ClN3O9. The third kappa shape index (κ3) is 14.8. The maximum Gasteiger partial charge on any atom is 0.303 e. The number of nitrogens with zero attached hydrogens (tertiary/aromatic N) is 2. The number of likely N-dealkylation sites (tertiary alicyclic amines) is 1. The van der Waals surface area contributed by atoms with Crippen molar-refractivity contribution in [2.45, 2.75) is 45.6 Å². The van der Waals surface area contributed by atoms with Crippen molar-refractivity contribution >= 4 is 35.5 Å². The molecular weight excluding hydrogens is 498 g/mol. The zero-order valence-electron chi connectivity index (χ0n) is 20.0. The third-order valence-corrected chi connectivity index (χ3v) is 5.09. The van der Waals surface area contributed by atoms with E-state index in [0.717, 1.165) is 43.9 Å². The summed E-state index contributed by atoms with van der Waals surface area (Å²) in [5.74, 6) is -2.97. The SMILES string of the molecule is CCOc1cc(C#N)c(Cl)cc1CN1CC[C@H](CN)C1.O=C(O)CCC(=O)O.O=C(O)CCC(=O)O. The lowest BCUT2D eigenvalue weighted by atomic mass is 10.1. The molecule has 1 aromatic rings. The highest BCUT2D eigenvalue weighted by Crippen LogP contribution is 2.29. The molecule has 1 aliphatic heterocycles. The molecule has 12 nitrogen and oxygen atoms in total. The van der Waals surface area contributed by atoms with Gasteiger partial charge in [0.2, 0.25) is 0 Å². The number of rotatable bonds is 11. The average molecular weight is 530 g/mol. The summed E-state index contributed by atoms with van der Waals surface area (Å²) in [7, 11) is 0. The van der Waals surface area contributed by atoms with E-state index < -0.39 is 23.9 Å². The second-order valence-electron chi connectivity index (χ2n) is 7.69. The number of carboxylic acids is 4. The van der Waals surface area contributed by atoms with E-state index in [-0.39, 0.29) is 25.7 Å². The minimum Gasteiger partial charge on any atom is -0.493 e. The van der Waals surface area contributed by atoms with Gasteiger partial charge in [-0.05, 0) is 44.5 Å². The summed E-state index contributed by atoms with van der Waals surface area (Å²) < 4.78 is 5.64. The van der Waals surface area contributed by atoms with Crippen LogP contribution in [-0.4, -0.2) is 75.4 Å². The minimum atomic E-state index is -1.08. The Morgan fingerprint density at radius 1 is 1.06 bits per heavy atom. The topological polar surface area (TPSA) is 211 Å². The quantitative estimate of drug-likeness (QED) is 0.279. The fourth-order valence-corrected chi connectivity index (χ4v) is 3.24. The van der Waals surface area contributed by atoms with Crippen molar-refractivity contribution < 1.29 is 44.3 Å².